The van der Waals surface area contributed by atoms with Gasteiger partial charge in [-0.1, -0.05) is 35.9 Å². The summed E-state index contributed by atoms with van der Waals surface area (Å²) in [5, 5.41) is 2.73. The number of halogens is 1. The Hall–Kier alpha value is -2.84. The lowest BCUT2D eigenvalue weighted by Crippen LogP contribution is -2.50. The first-order valence-corrected chi connectivity index (χ1v) is 9.10. The highest BCUT2D eigenvalue weighted by molar-refractivity contribution is 7.80. The monoisotopic (exact) mass is 421 g/mol. The van der Waals surface area contributed by atoms with Gasteiger partial charge in [0.05, 0.1) is 5.02 Å². The fraction of sp³-hybridized carbons (Fsp3) is 0.211. The molecule has 0 atom stereocenters. The van der Waals surface area contributed by atoms with E-state index in [-0.39, 0.29) is 18.3 Å². The van der Waals surface area contributed by atoms with E-state index in [0.717, 1.165) is 11.1 Å². The van der Waals surface area contributed by atoms with Crippen molar-refractivity contribution in [2.24, 2.45) is 0 Å². The molecule has 2 amide bonds. The number of thiocarbonyl (C=S) groups is 1. The minimum absolute atomic E-state index is 0.0688. The van der Waals surface area contributed by atoms with Crippen LogP contribution in [0.2, 0.25) is 5.02 Å². The first kappa shape index (κ1) is 21.5. The molecule has 2 rings (SSSR count). The van der Waals surface area contributed by atoms with Gasteiger partial charge >= 0.3 is 0 Å². The van der Waals surface area contributed by atoms with Gasteiger partial charge in [0.2, 0.25) is 0 Å². The standard InChI is InChI=1S/C19H20ClN3O4S/c1-12-7-8-13(2)16(9-12)27-10-17(24)21-19(28)23-22-18(25)11-26-15-6-4-3-5-14(15)20/h3-9H,10-11H2,1-2H3,(H,22,25)(H2,21,23,24,28). The van der Waals surface area contributed by atoms with E-state index in [1.54, 1.807) is 24.3 Å². The topological polar surface area (TPSA) is 88.7 Å². The van der Waals surface area contributed by atoms with Gasteiger partial charge in [-0.05, 0) is 55.4 Å². The number of aryl methyl sites for hydroxylation is 2. The number of hydrazine groups is 1. The van der Waals surface area contributed by atoms with Gasteiger partial charge in [-0.25, -0.2) is 0 Å². The van der Waals surface area contributed by atoms with Crippen LogP contribution >= 0.6 is 23.8 Å². The van der Waals surface area contributed by atoms with Crippen LogP contribution in [0.1, 0.15) is 11.1 Å². The molecule has 0 aliphatic carbocycles. The summed E-state index contributed by atoms with van der Waals surface area (Å²) in [6.07, 6.45) is 0. The molecule has 0 spiro atoms. The Bertz CT molecular complexity index is 876. The molecule has 0 aliphatic heterocycles. The third-order valence-corrected chi connectivity index (χ3v) is 3.98. The summed E-state index contributed by atoms with van der Waals surface area (Å²) in [5.74, 6) is 0.0564. The lowest BCUT2D eigenvalue weighted by atomic mass is 10.1. The van der Waals surface area contributed by atoms with Crippen LogP contribution in [0.25, 0.3) is 0 Å². The summed E-state index contributed by atoms with van der Waals surface area (Å²) in [6.45, 7) is 3.33. The van der Waals surface area contributed by atoms with Crippen LogP contribution in [-0.2, 0) is 9.59 Å². The quantitative estimate of drug-likeness (QED) is 0.490. The van der Waals surface area contributed by atoms with Gasteiger partial charge in [-0.2, -0.15) is 0 Å². The van der Waals surface area contributed by atoms with Crippen LogP contribution in [0.4, 0.5) is 0 Å². The van der Waals surface area contributed by atoms with Crippen LogP contribution in [0, 0.1) is 13.8 Å². The van der Waals surface area contributed by atoms with E-state index in [2.05, 4.69) is 16.2 Å². The Labute approximate surface area is 173 Å². The predicted molar refractivity (Wildman–Crippen MR) is 110 cm³/mol. The van der Waals surface area contributed by atoms with Gasteiger partial charge in [0.1, 0.15) is 11.5 Å². The molecule has 0 fully saturated rings. The molecule has 0 bridgehead atoms. The number of carbonyl (C=O) groups is 2. The van der Waals surface area contributed by atoms with Gasteiger partial charge in [-0.3, -0.25) is 25.8 Å². The SMILES string of the molecule is Cc1ccc(C)c(OCC(=O)NC(=S)NNC(=O)COc2ccccc2Cl)c1. The Morgan fingerprint density at radius 2 is 1.64 bits per heavy atom. The van der Waals surface area contributed by atoms with Crippen molar-refractivity contribution in [3.8, 4) is 11.5 Å². The smallest absolute Gasteiger partial charge is 0.276 e. The molecule has 0 aliphatic rings. The van der Waals surface area contributed by atoms with E-state index in [1.165, 1.54) is 0 Å². The second-order valence-electron chi connectivity index (χ2n) is 5.83. The molecule has 0 radical (unpaired) electrons. The highest BCUT2D eigenvalue weighted by Crippen LogP contribution is 2.22. The molecule has 0 unspecified atom stereocenters. The third kappa shape index (κ3) is 7.05. The van der Waals surface area contributed by atoms with E-state index in [9.17, 15) is 9.59 Å². The lowest BCUT2D eigenvalue weighted by molar-refractivity contribution is -0.124. The molecule has 3 N–H and O–H groups in total. The molecule has 0 heterocycles. The highest BCUT2D eigenvalue weighted by Gasteiger charge is 2.09. The van der Waals surface area contributed by atoms with E-state index in [1.807, 2.05) is 32.0 Å². The van der Waals surface area contributed by atoms with Gasteiger partial charge in [0.25, 0.3) is 11.8 Å². The van der Waals surface area contributed by atoms with Crippen molar-refractivity contribution >= 4 is 40.7 Å². The number of rotatable bonds is 6. The minimum atomic E-state index is -0.497. The number of benzene rings is 2. The average Bonchev–Trinajstić information content (AvgIpc) is 2.66. The highest BCUT2D eigenvalue weighted by atomic mass is 35.5. The number of nitrogens with one attached hydrogen (secondary N) is 3. The molecule has 0 saturated heterocycles. The number of amides is 2. The van der Waals surface area contributed by atoms with E-state index >= 15 is 0 Å². The second kappa shape index (κ2) is 10.5. The third-order valence-electron chi connectivity index (χ3n) is 3.47. The summed E-state index contributed by atoms with van der Waals surface area (Å²) in [5.41, 5.74) is 6.68. The number of carbonyl (C=O) groups excluding carboxylic acids is 2. The Kier molecular flexibility index (Phi) is 8.03. The van der Waals surface area contributed by atoms with Crippen LogP contribution in [0.5, 0.6) is 11.5 Å². The maximum absolute atomic E-state index is 11.9. The molecule has 2 aromatic carbocycles. The zero-order valence-corrected chi connectivity index (χ0v) is 16.9. The van der Waals surface area contributed by atoms with E-state index in [4.69, 9.17) is 33.3 Å². The van der Waals surface area contributed by atoms with Crippen LogP contribution in [-0.4, -0.2) is 30.1 Å². The van der Waals surface area contributed by atoms with Crippen molar-refractivity contribution in [2.75, 3.05) is 13.2 Å². The van der Waals surface area contributed by atoms with Crippen molar-refractivity contribution in [3.63, 3.8) is 0 Å². The van der Waals surface area contributed by atoms with Crippen LogP contribution < -0.4 is 25.6 Å². The molecule has 0 saturated carbocycles. The van der Waals surface area contributed by atoms with Crippen molar-refractivity contribution in [1.29, 1.82) is 0 Å². The Morgan fingerprint density at radius 3 is 2.39 bits per heavy atom. The first-order chi connectivity index (χ1) is 13.3. The van der Waals surface area contributed by atoms with E-state index in [0.29, 0.717) is 16.5 Å². The van der Waals surface area contributed by atoms with Crippen molar-refractivity contribution < 1.29 is 19.1 Å². The Balaban J connectivity index is 1.68. The van der Waals surface area contributed by atoms with Crippen molar-refractivity contribution in [1.82, 2.24) is 16.2 Å². The maximum atomic E-state index is 11.9. The zero-order chi connectivity index (χ0) is 20.5. The average molecular weight is 422 g/mol. The zero-order valence-electron chi connectivity index (χ0n) is 15.4. The van der Waals surface area contributed by atoms with Gasteiger partial charge in [-0.15, -0.1) is 0 Å². The summed E-state index contributed by atoms with van der Waals surface area (Å²) in [7, 11) is 0. The largest absolute Gasteiger partial charge is 0.483 e. The first-order valence-electron chi connectivity index (χ1n) is 8.31. The second-order valence-corrected chi connectivity index (χ2v) is 6.64. The Morgan fingerprint density at radius 1 is 0.964 bits per heavy atom. The molecule has 0 aromatic heterocycles. The summed E-state index contributed by atoms with van der Waals surface area (Å²) in [6, 6.07) is 12.5. The summed E-state index contributed by atoms with van der Waals surface area (Å²) >= 11 is 10.9. The summed E-state index contributed by atoms with van der Waals surface area (Å²) < 4.78 is 10.8. The fourth-order valence-electron chi connectivity index (χ4n) is 2.07. The van der Waals surface area contributed by atoms with Crippen molar-refractivity contribution in [2.45, 2.75) is 13.8 Å². The molecule has 28 heavy (non-hydrogen) atoms. The molecule has 2 aromatic rings. The molecular formula is C19H20ClN3O4S. The van der Waals surface area contributed by atoms with Gasteiger partial charge in [0.15, 0.2) is 18.3 Å². The number of ether oxygens (including phenoxy) is 2. The van der Waals surface area contributed by atoms with Crippen LogP contribution in [0.15, 0.2) is 42.5 Å². The maximum Gasteiger partial charge on any atom is 0.276 e. The predicted octanol–water partition coefficient (Wildman–Crippen LogP) is 2.44. The van der Waals surface area contributed by atoms with Crippen LogP contribution in [0.3, 0.4) is 0 Å². The van der Waals surface area contributed by atoms with Crippen molar-refractivity contribution in [3.05, 3.63) is 58.6 Å². The van der Waals surface area contributed by atoms with Gasteiger partial charge < -0.3 is 9.47 Å². The normalized spacial score (nSPS) is 9.96. The number of para-hydroxylation sites is 1. The summed E-state index contributed by atoms with van der Waals surface area (Å²) in [4.78, 5) is 23.7. The van der Waals surface area contributed by atoms with Gasteiger partial charge in [0, 0.05) is 0 Å². The molecular weight excluding hydrogens is 402 g/mol. The molecule has 7 nitrogen and oxygen atoms in total. The minimum Gasteiger partial charge on any atom is -0.483 e. The number of hydrogen-bond donors (Lipinski definition) is 3. The fourth-order valence-corrected chi connectivity index (χ4v) is 2.42. The lowest BCUT2D eigenvalue weighted by Gasteiger charge is -2.13. The number of hydrogen-bond acceptors (Lipinski definition) is 5. The molecule has 9 heteroatoms. The van der Waals surface area contributed by atoms with E-state index < -0.39 is 11.8 Å². The molecule has 148 valence electrons.